The first-order valence-corrected chi connectivity index (χ1v) is 9.23. The maximum absolute atomic E-state index is 12.5. The van der Waals surface area contributed by atoms with E-state index in [1.54, 1.807) is 0 Å². The standard InChI is InChI=1S/C15H23ClN2O2S/c1-11-13(10-17-2)7-14(16)8-15(11)21(19,20)18-9-12-5-3-4-6-12/h7-8,12,17-18H,3-6,9-10H2,1-2H3. The summed E-state index contributed by atoms with van der Waals surface area (Å²) in [6, 6.07) is 3.34. The maximum Gasteiger partial charge on any atom is 0.240 e. The molecule has 0 spiro atoms. The highest BCUT2D eigenvalue weighted by molar-refractivity contribution is 7.89. The molecule has 1 aromatic carbocycles. The van der Waals surface area contributed by atoms with Gasteiger partial charge in [-0.3, -0.25) is 0 Å². The zero-order valence-corrected chi connectivity index (χ0v) is 14.1. The zero-order chi connectivity index (χ0) is 15.5. The van der Waals surface area contributed by atoms with E-state index in [0.29, 0.717) is 28.9 Å². The molecule has 0 amide bonds. The van der Waals surface area contributed by atoms with Gasteiger partial charge in [0, 0.05) is 18.1 Å². The minimum atomic E-state index is -3.50. The van der Waals surface area contributed by atoms with E-state index in [4.69, 9.17) is 11.6 Å². The summed E-state index contributed by atoms with van der Waals surface area (Å²) in [6.45, 7) is 2.94. The molecule has 6 heteroatoms. The fourth-order valence-electron chi connectivity index (χ4n) is 2.88. The van der Waals surface area contributed by atoms with Crippen molar-refractivity contribution < 1.29 is 8.42 Å². The summed E-state index contributed by atoms with van der Waals surface area (Å²) in [5.74, 6) is 0.469. The van der Waals surface area contributed by atoms with Gasteiger partial charge < -0.3 is 5.32 Å². The van der Waals surface area contributed by atoms with Gasteiger partial charge in [-0.15, -0.1) is 0 Å². The van der Waals surface area contributed by atoms with Crippen LogP contribution in [0, 0.1) is 12.8 Å². The van der Waals surface area contributed by atoms with Crippen molar-refractivity contribution in [3.8, 4) is 0 Å². The van der Waals surface area contributed by atoms with Crippen molar-refractivity contribution in [2.45, 2.75) is 44.0 Å². The van der Waals surface area contributed by atoms with Gasteiger partial charge in [-0.25, -0.2) is 13.1 Å². The van der Waals surface area contributed by atoms with Crippen LogP contribution in [0.5, 0.6) is 0 Å². The van der Waals surface area contributed by atoms with Crippen LogP contribution in [-0.4, -0.2) is 22.0 Å². The van der Waals surface area contributed by atoms with E-state index in [2.05, 4.69) is 10.0 Å². The number of benzene rings is 1. The van der Waals surface area contributed by atoms with E-state index in [0.717, 1.165) is 24.0 Å². The molecule has 1 aromatic rings. The van der Waals surface area contributed by atoms with Crippen LogP contribution in [-0.2, 0) is 16.6 Å². The Morgan fingerprint density at radius 1 is 1.29 bits per heavy atom. The van der Waals surface area contributed by atoms with Crippen LogP contribution in [0.1, 0.15) is 36.8 Å². The lowest BCUT2D eigenvalue weighted by Crippen LogP contribution is -2.29. The monoisotopic (exact) mass is 330 g/mol. The Hall–Kier alpha value is -0.620. The first-order chi connectivity index (χ1) is 9.94. The number of nitrogens with one attached hydrogen (secondary N) is 2. The molecule has 0 aromatic heterocycles. The Balaban J connectivity index is 2.21. The highest BCUT2D eigenvalue weighted by atomic mass is 35.5. The number of halogens is 1. The molecule has 0 unspecified atom stereocenters. The van der Waals surface area contributed by atoms with Gasteiger partial charge in [-0.2, -0.15) is 0 Å². The number of hydrogen-bond donors (Lipinski definition) is 2. The molecule has 0 saturated heterocycles. The van der Waals surface area contributed by atoms with Crippen molar-refractivity contribution in [1.82, 2.24) is 10.0 Å². The van der Waals surface area contributed by atoms with Crippen molar-refractivity contribution in [2.75, 3.05) is 13.6 Å². The van der Waals surface area contributed by atoms with E-state index in [9.17, 15) is 8.42 Å². The highest BCUT2D eigenvalue weighted by Gasteiger charge is 2.22. The Kier molecular flexibility index (Phi) is 5.66. The molecule has 4 nitrogen and oxygen atoms in total. The molecule has 0 radical (unpaired) electrons. The normalized spacial score (nSPS) is 16.5. The molecule has 2 rings (SSSR count). The molecule has 0 aliphatic heterocycles. The van der Waals surface area contributed by atoms with E-state index < -0.39 is 10.0 Å². The summed E-state index contributed by atoms with van der Waals surface area (Å²) >= 11 is 6.07. The lowest BCUT2D eigenvalue weighted by molar-refractivity contribution is 0.519. The van der Waals surface area contributed by atoms with Crippen LogP contribution in [0.25, 0.3) is 0 Å². The SMILES string of the molecule is CNCc1cc(Cl)cc(S(=O)(=O)NCC2CCCC2)c1C. The predicted octanol–water partition coefficient (Wildman–Crippen LogP) is 2.84. The van der Waals surface area contributed by atoms with Gasteiger partial charge in [-0.1, -0.05) is 24.4 Å². The van der Waals surface area contributed by atoms with Crippen molar-refractivity contribution in [2.24, 2.45) is 5.92 Å². The fourth-order valence-corrected chi connectivity index (χ4v) is 4.61. The minimum Gasteiger partial charge on any atom is -0.316 e. The van der Waals surface area contributed by atoms with Gasteiger partial charge in [0.05, 0.1) is 4.90 Å². The van der Waals surface area contributed by atoms with Gasteiger partial charge >= 0.3 is 0 Å². The van der Waals surface area contributed by atoms with Crippen LogP contribution in [0.3, 0.4) is 0 Å². The first-order valence-electron chi connectivity index (χ1n) is 7.37. The van der Waals surface area contributed by atoms with Crippen LogP contribution in [0.2, 0.25) is 5.02 Å². The molecule has 21 heavy (non-hydrogen) atoms. The second-order valence-electron chi connectivity index (χ2n) is 5.72. The number of hydrogen-bond acceptors (Lipinski definition) is 3. The Bertz CT molecular complexity index is 596. The average Bonchev–Trinajstić information content (AvgIpc) is 2.94. The van der Waals surface area contributed by atoms with Crippen molar-refractivity contribution in [3.05, 3.63) is 28.3 Å². The predicted molar refractivity (Wildman–Crippen MR) is 86.1 cm³/mol. The second-order valence-corrected chi connectivity index (χ2v) is 7.89. The van der Waals surface area contributed by atoms with Crippen molar-refractivity contribution in [1.29, 1.82) is 0 Å². The zero-order valence-electron chi connectivity index (χ0n) is 12.6. The molecule has 0 atom stereocenters. The van der Waals surface area contributed by atoms with E-state index in [-0.39, 0.29) is 0 Å². The summed E-state index contributed by atoms with van der Waals surface area (Å²) in [7, 11) is -1.68. The third-order valence-corrected chi connectivity index (χ3v) is 5.89. The Labute approximate surface area is 132 Å². The molecule has 2 N–H and O–H groups in total. The molecule has 1 saturated carbocycles. The van der Waals surface area contributed by atoms with Crippen LogP contribution in [0.15, 0.2) is 17.0 Å². The highest BCUT2D eigenvalue weighted by Crippen LogP contribution is 2.26. The lowest BCUT2D eigenvalue weighted by atomic mass is 10.1. The summed E-state index contributed by atoms with van der Waals surface area (Å²) in [4.78, 5) is 0.290. The molecule has 1 aliphatic carbocycles. The third kappa shape index (κ3) is 4.19. The van der Waals surface area contributed by atoms with Crippen LogP contribution >= 0.6 is 11.6 Å². The van der Waals surface area contributed by atoms with E-state index >= 15 is 0 Å². The van der Waals surface area contributed by atoms with Gasteiger partial charge in [0.2, 0.25) is 10.0 Å². The van der Waals surface area contributed by atoms with E-state index in [1.165, 1.54) is 18.9 Å². The van der Waals surface area contributed by atoms with Crippen LogP contribution in [0.4, 0.5) is 0 Å². The van der Waals surface area contributed by atoms with Crippen LogP contribution < -0.4 is 10.0 Å². The number of rotatable bonds is 6. The smallest absolute Gasteiger partial charge is 0.240 e. The Morgan fingerprint density at radius 3 is 2.57 bits per heavy atom. The summed E-state index contributed by atoms with van der Waals surface area (Å²) in [5, 5.41) is 3.48. The van der Waals surface area contributed by atoms with Gasteiger partial charge in [0.1, 0.15) is 0 Å². The number of sulfonamides is 1. The fraction of sp³-hybridized carbons (Fsp3) is 0.600. The molecular formula is C15H23ClN2O2S. The average molecular weight is 331 g/mol. The molecule has 0 bridgehead atoms. The van der Waals surface area contributed by atoms with Crippen molar-refractivity contribution in [3.63, 3.8) is 0 Å². The molecule has 1 aliphatic rings. The summed E-state index contributed by atoms with van der Waals surface area (Å²) < 4.78 is 27.8. The minimum absolute atomic E-state index is 0.290. The summed E-state index contributed by atoms with van der Waals surface area (Å²) in [6.07, 6.45) is 4.63. The topological polar surface area (TPSA) is 58.2 Å². The molecule has 0 heterocycles. The lowest BCUT2D eigenvalue weighted by Gasteiger charge is -2.15. The Morgan fingerprint density at radius 2 is 1.95 bits per heavy atom. The van der Waals surface area contributed by atoms with Gasteiger partial charge in [-0.05, 0) is 56.0 Å². The maximum atomic E-state index is 12.5. The quantitative estimate of drug-likeness (QED) is 0.843. The molecule has 1 fully saturated rings. The molecule has 118 valence electrons. The largest absolute Gasteiger partial charge is 0.316 e. The third-order valence-electron chi connectivity index (χ3n) is 4.13. The first kappa shape index (κ1) is 16.7. The van der Waals surface area contributed by atoms with E-state index in [1.807, 2.05) is 20.0 Å². The van der Waals surface area contributed by atoms with Gasteiger partial charge in [0.15, 0.2) is 0 Å². The van der Waals surface area contributed by atoms with Crippen molar-refractivity contribution >= 4 is 21.6 Å². The molecular weight excluding hydrogens is 308 g/mol. The van der Waals surface area contributed by atoms with Gasteiger partial charge in [0.25, 0.3) is 0 Å². The second kappa shape index (κ2) is 7.09. The summed E-state index contributed by atoms with van der Waals surface area (Å²) in [5.41, 5.74) is 1.67.